The molecule has 0 radical (unpaired) electrons. The number of carbonyl (C=O) groups is 3. The predicted octanol–water partition coefficient (Wildman–Crippen LogP) is 3.59. The van der Waals surface area contributed by atoms with Crippen molar-refractivity contribution in [2.45, 2.75) is 52.7 Å². The molecule has 0 aliphatic carbocycles. The first-order chi connectivity index (χ1) is 14.1. The molecule has 0 fully saturated rings. The molecule has 0 saturated heterocycles. The Kier molecular flexibility index (Phi) is 8.35. The Morgan fingerprint density at radius 2 is 1.83 bits per heavy atom. The van der Waals surface area contributed by atoms with Crippen LogP contribution in [0.5, 0.6) is 0 Å². The van der Waals surface area contributed by atoms with Crippen LogP contribution in [0, 0.1) is 6.92 Å². The molecule has 0 bridgehead atoms. The Labute approximate surface area is 180 Å². The van der Waals surface area contributed by atoms with Crippen molar-refractivity contribution in [2.24, 2.45) is 0 Å². The normalized spacial score (nSPS) is 10.9. The van der Waals surface area contributed by atoms with Crippen LogP contribution in [0.25, 0.3) is 0 Å². The fourth-order valence-corrected chi connectivity index (χ4v) is 3.06. The highest BCUT2D eigenvalue weighted by Gasteiger charge is 2.16. The van der Waals surface area contributed by atoms with Crippen molar-refractivity contribution in [2.75, 3.05) is 11.9 Å². The van der Waals surface area contributed by atoms with Crippen LogP contribution >= 0.6 is 11.3 Å². The van der Waals surface area contributed by atoms with Gasteiger partial charge in [0.15, 0.2) is 0 Å². The van der Waals surface area contributed by atoms with E-state index in [4.69, 9.17) is 9.47 Å². The molecular weight excluding hydrogens is 406 g/mol. The molecule has 2 amide bonds. The number of esters is 1. The van der Waals surface area contributed by atoms with Gasteiger partial charge in [-0.25, -0.2) is 9.78 Å². The van der Waals surface area contributed by atoms with Gasteiger partial charge in [0.1, 0.15) is 17.2 Å². The molecule has 9 heteroatoms. The highest BCUT2D eigenvalue weighted by atomic mass is 32.1. The van der Waals surface area contributed by atoms with Gasteiger partial charge >= 0.3 is 12.1 Å². The van der Waals surface area contributed by atoms with Crippen LogP contribution in [0.3, 0.4) is 0 Å². The summed E-state index contributed by atoms with van der Waals surface area (Å²) in [4.78, 5) is 39.8. The number of nitrogens with zero attached hydrogens (tertiary/aromatic N) is 1. The second-order valence-corrected chi connectivity index (χ2v) is 8.61. The molecule has 1 aromatic heterocycles. The number of hydrogen-bond donors (Lipinski definition) is 2. The second-order valence-electron chi connectivity index (χ2n) is 7.66. The van der Waals surface area contributed by atoms with Crippen LogP contribution in [0.1, 0.15) is 43.5 Å². The number of nitrogens with one attached hydrogen (secondary N) is 2. The van der Waals surface area contributed by atoms with E-state index in [0.29, 0.717) is 10.7 Å². The molecule has 2 aromatic rings. The van der Waals surface area contributed by atoms with Crippen molar-refractivity contribution in [3.8, 4) is 0 Å². The number of carbonyl (C=O) groups excluding carboxylic acids is 3. The molecule has 0 atom stereocenters. The Morgan fingerprint density at radius 1 is 1.13 bits per heavy atom. The maximum absolute atomic E-state index is 12.1. The highest BCUT2D eigenvalue weighted by Crippen LogP contribution is 2.14. The zero-order valence-electron chi connectivity index (χ0n) is 17.6. The first-order valence-electron chi connectivity index (χ1n) is 9.53. The summed E-state index contributed by atoms with van der Waals surface area (Å²) >= 11 is 1.33. The van der Waals surface area contributed by atoms with Gasteiger partial charge in [0.05, 0.1) is 18.5 Å². The molecule has 0 aliphatic heterocycles. The molecule has 0 unspecified atom stereocenters. The Hall–Kier alpha value is -2.94. The van der Waals surface area contributed by atoms with Crippen molar-refractivity contribution in [3.63, 3.8) is 0 Å². The number of ether oxygens (including phenoxy) is 2. The highest BCUT2D eigenvalue weighted by molar-refractivity contribution is 7.09. The first kappa shape index (κ1) is 23.3. The van der Waals surface area contributed by atoms with Gasteiger partial charge in [-0.3, -0.25) is 9.59 Å². The van der Waals surface area contributed by atoms with Crippen molar-refractivity contribution < 1.29 is 23.9 Å². The van der Waals surface area contributed by atoms with Gasteiger partial charge in [-0.15, -0.1) is 11.3 Å². The molecule has 1 heterocycles. The summed E-state index contributed by atoms with van der Waals surface area (Å²) < 4.78 is 10.2. The van der Waals surface area contributed by atoms with Crippen LogP contribution in [-0.2, 0) is 32.1 Å². The molecular formula is C21H27N3O5S. The Morgan fingerprint density at radius 3 is 2.50 bits per heavy atom. The van der Waals surface area contributed by atoms with Gasteiger partial charge in [-0.1, -0.05) is 17.7 Å². The monoisotopic (exact) mass is 433 g/mol. The third-order valence-corrected chi connectivity index (χ3v) is 4.52. The lowest BCUT2D eigenvalue weighted by Crippen LogP contribution is -2.33. The summed E-state index contributed by atoms with van der Waals surface area (Å²) in [6.07, 6.45) is -0.412. The van der Waals surface area contributed by atoms with E-state index in [-0.39, 0.29) is 31.9 Å². The SMILES string of the molecule is Cc1ccc(NC(=O)Cc2nc(COC(=O)CCNC(=O)OC(C)(C)C)cs2)cc1. The number of thiazole rings is 1. The molecule has 2 rings (SSSR count). The predicted molar refractivity (Wildman–Crippen MR) is 114 cm³/mol. The van der Waals surface area contributed by atoms with Gasteiger partial charge in [0.2, 0.25) is 5.91 Å². The van der Waals surface area contributed by atoms with E-state index in [2.05, 4.69) is 15.6 Å². The standard InChI is InChI=1S/C21H27N3O5S/c1-14-5-7-15(8-6-14)23-17(25)11-18-24-16(13-30-18)12-28-19(26)9-10-22-20(27)29-21(2,3)4/h5-8,13H,9-12H2,1-4H3,(H,22,27)(H,23,25). The molecule has 0 saturated carbocycles. The summed E-state index contributed by atoms with van der Waals surface area (Å²) in [7, 11) is 0. The Bertz CT molecular complexity index is 872. The van der Waals surface area contributed by atoms with Gasteiger partial charge in [0.25, 0.3) is 0 Å². The summed E-state index contributed by atoms with van der Waals surface area (Å²) in [5.74, 6) is -0.623. The molecule has 30 heavy (non-hydrogen) atoms. The van der Waals surface area contributed by atoms with E-state index in [9.17, 15) is 14.4 Å². The molecule has 1 aromatic carbocycles. The summed E-state index contributed by atoms with van der Waals surface area (Å²) in [6.45, 7) is 7.39. The molecule has 162 valence electrons. The van der Waals surface area contributed by atoms with Crippen LogP contribution in [0.2, 0.25) is 0 Å². The van der Waals surface area contributed by atoms with E-state index >= 15 is 0 Å². The zero-order valence-corrected chi connectivity index (χ0v) is 18.4. The van der Waals surface area contributed by atoms with Gasteiger partial charge in [0, 0.05) is 17.6 Å². The second kappa shape index (κ2) is 10.7. The number of aromatic nitrogens is 1. The fourth-order valence-electron chi connectivity index (χ4n) is 2.28. The number of benzene rings is 1. The van der Waals surface area contributed by atoms with Crippen molar-refractivity contribution in [1.82, 2.24) is 10.3 Å². The van der Waals surface area contributed by atoms with Crippen molar-refractivity contribution in [3.05, 3.63) is 45.9 Å². The topological polar surface area (TPSA) is 107 Å². The maximum atomic E-state index is 12.1. The lowest BCUT2D eigenvalue weighted by Gasteiger charge is -2.19. The van der Waals surface area contributed by atoms with Crippen LogP contribution < -0.4 is 10.6 Å². The maximum Gasteiger partial charge on any atom is 0.407 e. The van der Waals surface area contributed by atoms with E-state index in [1.54, 1.807) is 26.2 Å². The van der Waals surface area contributed by atoms with Crippen LogP contribution in [-0.4, -0.2) is 35.1 Å². The van der Waals surface area contributed by atoms with E-state index < -0.39 is 17.7 Å². The molecule has 2 N–H and O–H groups in total. The third kappa shape index (κ3) is 9.04. The van der Waals surface area contributed by atoms with Gasteiger partial charge < -0.3 is 20.1 Å². The van der Waals surface area contributed by atoms with Crippen LogP contribution in [0.15, 0.2) is 29.6 Å². The number of rotatable bonds is 8. The molecule has 0 aliphatic rings. The Balaban J connectivity index is 1.68. The van der Waals surface area contributed by atoms with Crippen LogP contribution in [0.4, 0.5) is 10.5 Å². The smallest absolute Gasteiger partial charge is 0.407 e. The minimum absolute atomic E-state index is 0.0152. The first-order valence-corrected chi connectivity index (χ1v) is 10.4. The number of alkyl carbamates (subject to hydrolysis) is 1. The fraction of sp³-hybridized carbons (Fsp3) is 0.429. The zero-order chi connectivity index (χ0) is 22.1. The quantitative estimate of drug-likeness (QED) is 0.616. The van der Waals surface area contributed by atoms with Gasteiger partial charge in [-0.05, 0) is 39.8 Å². The summed E-state index contributed by atoms with van der Waals surface area (Å²) in [6, 6.07) is 7.54. The van der Waals surface area contributed by atoms with E-state index in [1.807, 2.05) is 31.2 Å². The van der Waals surface area contributed by atoms with E-state index in [1.165, 1.54) is 11.3 Å². The minimum atomic E-state index is -0.593. The summed E-state index contributed by atoms with van der Waals surface area (Å²) in [5, 5.41) is 7.71. The lowest BCUT2D eigenvalue weighted by molar-refractivity contribution is -0.144. The number of aryl methyl sites for hydroxylation is 1. The lowest BCUT2D eigenvalue weighted by atomic mass is 10.2. The number of hydrogen-bond acceptors (Lipinski definition) is 7. The number of anilines is 1. The van der Waals surface area contributed by atoms with E-state index in [0.717, 1.165) is 11.3 Å². The van der Waals surface area contributed by atoms with Gasteiger partial charge in [-0.2, -0.15) is 0 Å². The molecule has 8 nitrogen and oxygen atoms in total. The third-order valence-electron chi connectivity index (χ3n) is 3.62. The summed E-state index contributed by atoms with van der Waals surface area (Å²) in [5.41, 5.74) is 1.83. The minimum Gasteiger partial charge on any atom is -0.459 e. The van der Waals surface area contributed by atoms with Crippen molar-refractivity contribution >= 4 is 35.0 Å². The largest absolute Gasteiger partial charge is 0.459 e. The molecule has 0 spiro atoms. The number of amides is 2. The van der Waals surface area contributed by atoms with Crippen molar-refractivity contribution in [1.29, 1.82) is 0 Å². The average Bonchev–Trinajstić information content (AvgIpc) is 3.07. The average molecular weight is 434 g/mol.